The monoisotopic (exact) mass is 294 g/mol. The number of rotatable bonds is 2. The maximum absolute atomic E-state index is 12.5. The lowest BCUT2D eigenvalue weighted by atomic mass is 10.2. The Morgan fingerprint density at radius 2 is 1.48 bits per heavy atom. The summed E-state index contributed by atoms with van der Waals surface area (Å²) in [5.41, 5.74) is -1.36. The Morgan fingerprint density at radius 1 is 0.905 bits per heavy atom. The third-order valence-electron chi connectivity index (χ3n) is 2.51. The minimum Gasteiger partial charge on any atom is -0.504 e. The van der Waals surface area contributed by atoms with Crippen LogP contribution < -0.4 is 5.43 Å². The van der Waals surface area contributed by atoms with E-state index in [1.54, 1.807) is 0 Å². The van der Waals surface area contributed by atoms with Crippen molar-refractivity contribution in [1.29, 1.82) is 0 Å². The Morgan fingerprint density at radius 3 is 2.10 bits per heavy atom. The molecule has 1 N–H and O–H groups in total. The molecule has 0 saturated carbocycles. The minimum atomic E-state index is -4.46. The first-order valence-corrected chi connectivity index (χ1v) is 5.78. The van der Waals surface area contributed by atoms with Crippen molar-refractivity contribution in [3.05, 3.63) is 64.3 Å². The maximum Gasteiger partial charge on any atom is 0.416 e. The van der Waals surface area contributed by atoms with Crippen molar-refractivity contribution in [3.63, 3.8) is 0 Å². The van der Waals surface area contributed by atoms with Crippen molar-refractivity contribution in [2.45, 2.75) is 6.18 Å². The second kappa shape index (κ2) is 5.74. The van der Waals surface area contributed by atoms with Crippen molar-refractivity contribution in [2.24, 2.45) is 10.2 Å². The van der Waals surface area contributed by atoms with Crippen LogP contribution in [0.5, 0.6) is 5.75 Å². The smallest absolute Gasteiger partial charge is 0.416 e. The van der Waals surface area contributed by atoms with Crippen molar-refractivity contribution >= 4 is 11.4 Å². The molecule has 0 fully saturated rings. The molecule has 0 heterocycles. The molecule has 2 aromatic rings. The summed E-state index contributed by atoms with van der Waals surface area (Å²) in [6, 6.07) is 9.36. The molecule has 0 atom stereocenters. The molecule has 4 nitrogen and oxygen atoms in total. The van der Waals surface area contributed by atoms with E-state index in [0.29, 0.717) is 0 Å². The van der Waals surface area contributed by atoms with Gasteiger partial charge >= 0.3 is 6.18 Å². The van der Waals surface area contributed by atoms with Gasteiger partial charge in [-0.1, -0.05) is 12.1 Å². The highest BCUT2D eigenvalue weighted by Crippen LogP contribution is 2.31. The van der Waals surface area contributed by atoms with Gasteiger partial charge in [0.25, 0.3) is 0 Å². The minimum absolute atomic E-state index is 0.00741. The van der Waals surface area contributed by atoms with E-state index in [9.17, 15) is 23.1 Å². The molecule has 0 aliphatic carbocycles. The van der Waals surface area contributed by atoms with Gasteiger partial charge in [-0.25, -0.2) is 0 Å². The molecule has 0 aliphatic heterocycles. The van der Waals surface area contributed by atoms with Crippen LogP contribution >= 0.6 is 0 Å². The van der Waals surface area contributed by atoms with Crippen LogP contribution in [0.15, 0.2) is 63.6 Å². The predicted molar refractivity (Wildman–Crippen MR) is 70.0 cm³/mol. The van der Waals surface area contributed by atoms with Crippen LogP contribution in [0.4, 0.5) is 24.5 Å². The molecule has 0 aliphatic rings. The lowest BCUT2D eigenvalue weighted by Crippen LogP contribution is -2.03. The molecule has 0 aromatic heterocycles. The van der Waals surface area contributed by atoms with Gasteiger partial charge in [-0.2, -0.15) is 23.4 Å². The number of nitrogens with zero attached hydrogens (tertiary/aromatic N) is 2. The first-order chi connectivity index (χ1) is 9.86. The molecule has 2 rings (SSSR count). The van der Waals surface area contributed by atoms with E-state index in [0.717, 1.165) is 18.2 Å². The lowest BCUT2D eigenvalue weighted by Gasteiger charge is -2.05. The molecule has 0 spiro atoms. The van der Waals surface area contributed by atoms with Gasteiger partial charge in [-0.05, 0) is 30.3 Å². The number of aromatic hydroxyl groups is 1. The molecule has 0 radical (unpaired) electrons. The topological polar surface area (TPSA) is 62.0 Å². The molecule has 0 unspecified atom stereocenters. The molecule has 0 amide bonds. The van der Waals surface area contributed by atoms with E-state index in [1.807, 2.05) is 0 Å². The summed E-state index contributed by atoms with van der Waals surface area (Å²) in [7, 11) is 0. The summed E-state index contributed by atoms with van der Waals surface area (Å²) in [5, 5.41) is 16.5. The Kier molecular flexibility index (Phi) is 4.02. The Balaban J connectivity index is 2.32. The predicted octanol–water partition coefficient (Wildman–Crippen LogP) is 4.19. The summed E-state index contributed by atoms with van der Waals surface area (Å²) in [6.07, 6.45) is -4.46. The van der Waals surface area contributed by atoms with E-state index in [4.69, 9.17) is 0 Å². The summed E-state index contributed by atoms with van der Waals surface area (Å²) >= 11 is 0. The van der Waals surface area contributed by atoms with Crippen molar-refractivity contribution in [2.75, 3.05) is 0 Å². The average Bonchev–Trinajstić information content (AvgIpc) is 2.58. The van der Waals surface area contributed by atoms with Crippen LogP contribution in [0.1, 0.15) is 5.56 Å². The Hall–Kier alpha value is -2.70. The quantitative estimate of drug-likeness (QED) is 0.844. The number of azo groups is 1. The second-order valence-corrected chi connectivity index (χ2v) is 4.09. The van der Waals surface area contributed by atoms with Crippen LogP contribution in [0.2, 0.25) is 0 Å². The summed E-state index contributed by atoms with van der Waals surface area (Å²) in [6.45, 7) is 0. The first kappa shape index (κ1) is 14.7. The normalized spacial score (nSPS) is 11.8. The van der Waals surface area contributed by atoms with Gasteiger partial charge in [-0.15, -0.1) is 0 Å². The van der Waals surface area contributed by atoms with Crippen molar-refractivity contribution in [3.8, 4) is 5.75 Å². The summed E-state index contributed by atoms with van der Waals surface area (Å²) in [5.74, 6) is -0.449. The third kappa shape index (κ3) is 3.88. The fourth-order valence-corrected chi connectivity index (χ4v) is 1.50. The molecule has 21 heavy (non-hydrogen) atoms. The molecule has 7 heteroatoms. The van der Waals surface area contributed by atoms with Gasteiger partial charge < -0.3 is 5.11 Å². The standard InChI is InChI=1S/C14H9F3N2O2/c15-14(16,17)9-3-1-4-10(7-9)18-19-11-5-2-6-12(20)13(21)8-11/h1-8H,(H,20,21). The zero-order chi connectivity index (χ0) is 15.5. The maximum atomic E-state index is 12.5. The highest BCUT2D eigenvalue weighted by Gasteiger charge is 2.30. The van der Waals surface area contributed by atoms with E-state index in [2.05, 4.69) is 10.2 Å². The molecule has 0 saturated heterocycles. The van der Waals surface area contributed by atoms with Crippen LogP contribution in [0, 0.1) is 0 Å². The van der Waals surface area contributed by atoms with E-state index in [-0.39, 0.29) is 11.4 Å². The van der Waals surface area contributed by atoms with E-state index < -0.39 is 22.9 Å². The first-order valence-electron chi connectivity index (χ1n) is 5.78. The van der Waals surface area contributed by atoms with E-state index >= 15 is 0 Å². The van der Waals surface area contributed by atoms with Crippen molar-refractivity contribution < 1.29 is 18.3 Å². The van der Waals surface area contributed by atoms with Gasteiger partial charge in [0.05, 0.1) is 16.9 Å². The van der Waals surface area contributed by atoms with Crippen LogP contribution in [0.3, 0.4) is 0 Å². The van der Waals surface area contributed by atoms with Gasteiger partial charge in [0, 0.05) is 6.07 Å². The molecule has 2 aromatic carbocycles. The van der Waals surface area contributed by atoms with Gasteiger partial charge in [0.15, 0.2) is 5.75 Å². The average molecular weight is 294 g/mol. The van der Waals surface area contributed by atoms with Crippen molar-refractivity contribution in [1.82, 2.24) is 0 Å². The Labute approximate surface area is 117 Å². The number of alkyl halides is 3. The molecule has 108 valence electrons. The summed E-state index contributed by atoms with van der Waals surface area (Å²) in [4.78, 5) is 11.3. The fourth-order valence-electron chi connectivity index (χ4n) is 1.50. The lowest BCUT2D eigenvalue weighted by molar-refractivity contribution is -0.137. The second-order valence-electron chi connectivity index (χ2n) is 4.09. The number of hydrogen-bond acceptors (Lipinski definition) is 4. The highest BCUT2D eigenvalue weighted by molar-refractivity contribution is 5.43. The fraction of sp³-hybridized carbons (Fsp3) is 0.0714. The van der Waals surface area contributed by atoms with Gasteiger partial charge in [0.1, 0.15) is 0 Å². The number of halogens is 3. The SMILES string of the molecule is O=c1cc(N=Nc2cccc(C(F)(F)F)c2)cccc1O. The molecule has 0 bridgehead atoms. The zero-order valence-corrected chi connectivity index (χ0v) is 10.5. The summed E-state index contributed by atoms with van der Waals surface area (Å²) < 4.78 is 37.6. The number of benzene rings is 1. The van der Waals surface area contributed by atoms with Crippen LogP contribution in [-0.4, -0.2) is 5.11 Å². The third-order valence-corrected chi connectivity index (χ3v) is 2.51. The van der Waals surface area contributed by atoms with Gasteiger partial charge in [-0.3, -0.25) is 4.79 Å². The molecular weight excluding hydrogens is 285 g/mol. The van der Waals surface area contributed by atoms with Gasteiger partial charge in [0.2, 0.25) is 5.43 Å². The number of hydrogen-bond donors (Lipinski definition) is 1. The highest BCUT2D eigenvalue weighted by atomic mass is 19.4. The van der Waals surface area contributed by atoms with E-state index in [1.165, 1.54) is 30.3 Å². The largest absolute Gasteiger partial charge is 0.504 e. The Bertz CT molecular complexity index is 743. The van der Waals surface area contributed by atoms with Crippen LogP contribution in [-0.2, 0) is 6.18 Å². The van der Waals surface area contributed by atoms with Crippen LogP contribution in [0.25, 0.3) is 0 Å². The zero-order valence-electron chi connectivity index (χ0n) is 10.5. The molecular formula is C14H9F3N2O2.